The number of aryl methyl sites for hydroxylation is 1. The fourth-order valence-corrected chi connectivity index (χ4v) is 3.16. The Morgan fingerprint density at radius 1 is 1.35 bits per heavy atom. The van der Waals surface area contributed by atoms with Crippen molar-refractivity contribution in [1.29, 1.82) is 0 Å². The monoisotopic (exact) mass is 402 g/mol. The minimum absolute atomic E-state index is 0.0895. The SMILES string of the molecule is CCc1nn(-c2ncc(Br)cc2Br)c(CC)c1[N+](=O)[O-]. The second-order valence-corrected chi connectivity index (χ2v) is 5.85. The van der Waals surface area contributed by atoms with Crippen molar-refractivity contribution in [3.05, 3.63) is 42.7 Å². The number of nitro groups is 1. The lowest BCUT2D eigenvalue weighted by molar-refractivity contribution is -0.386. The Labute approximate surface area is 132 Å². The summed E-state index contributed by atoms with van der Waals surface area (Å²) in [7, 11) is 0. The van der Waals surface area contributed by atoms with Crippen LogP contribution in [0.1, 0.15) is 25.2 Å². The van der Waals surface area contributed by atoms with E-state index < -0.39 is 0 Å². The van der Waals surface area contributed by atoms with Crippen LogP contribution in [0.15, 0.2) is 21.2 Å². The van der Waals surface area contributed by atoms with E-state index in [4.69, 9.17) is 0 Å². The summed E-state index contributed by atoms with van der Waals surface area (Å²) in [5.74, 6) is 0.549. The minimum atomic E-state index is -0.367. The maximum Gasteiger partial charge on any atom is 0.313 e. The molecule has 0 N–H and O–H groups in total. The summed E-state index contributed by atoms with van der Waals surface area (Å²) in [6.45, 7) is 3.72. The Kier molecular flexibility index (Phi) is 4.54. The number of hydrogen-bond acceptors (Lipinski definition) is 4. The summed E-state index contributed by atoms with van der Waals surface area (Å²) in [5, 5.41) is 15.6. The molecule has 0 spiro atoms. The lowest BCUT2D eigenvalue weighted by atomic mass is 10.2. The molecule has 0 atom stereocenters. The average molecular weight is 404 g/mol. The average Bonchev–Trinajstić information content (AvgIpc) is 2.77. The van der Waals surface area contributed by atoms with Gasteiger partial charge in [-0.2, -0.15) is 5.10 Å². The predicted molar refractivity (Wildman–Crippen MR) is 82.2 cm³/mol. The molecular formula is C12H12Br2N4O2. The molecule has 0 bridgehead atoms. The first-order chi connectivity index (χ1) is 9.49. The van der Waals surface area contributed by atoms with E-state index >= 15 is 0 Å². The number of hydrogen-bond donors (Lipinski definition) is 0. The lowest BCUT2D eigenvalue weighted by Gasteiger charge is -2.06. The van der Waals surface area contributed by atoms with Crippen molar-refractivity contribution in [2.24, 2.45) is 0 Å². The molecule has 20 heavy (non-hydrogen) atoms. The maximum absolute atomic E-state index is 11.3. The standard InChI is InChI=1S/C12H12Br2N4O2/c1-3-9-11(18(19)20)10(4-2)17(16-9)12-8(14)5-7(13)6-15-12/h5-6H,3-4H2,1-2H3. The number of aromatic nitrogens is 3. The van der Waals surface area contributed by atoms with Crippen molar-refractivity contribution in [3.63, 3.8) is 0 Å². The van der Waals surface area contributed by atoms with Gasteiger partial charge in [0.15, 0.2) is 5.82 Å². The fraction of sp³-hybridized carbons (Fsp3) is 0.333. The molecule has 106 valence electrons. The van der Waals surface area contributed by atoms with Crippen LogP contribution in [0.25, 0.3) is 5.82 Å². The molecule has 0 aromatic carbocycles. The van der Waals surface area contributed by atoms with Crippen LogP contribution >= 0.6 is 31.9 Å². The summed E-state index contributed by atoms with van der Waals surface area (Å²) < 4.78 is 3.10. The molecular weight excluding hydrogens is 392 g/mol. The molecule has 6 nitrogen and oxygen atoms in total. The van der Waals surface area contributed by atoms with Crippen LogP contribution in [-0.2, 0) is 12.8 Å². The summed E-state index contributed by atoms with van der Waals surface area (Å²) in [4.78, 5) is 15.2. The third-order valence-electron chi connectivity index (χ3n) is 2.86. The van der Waals surface area contributed by atoms with Crippen molar-refractivity contribution in [2.45, 2.75) is 26.7 Å². The third kappa shape index (κ3) is 2.62. The molecule has 0 saturated carbocycles. The molecule has 0 aliphatic rings. The molecule has 2 aromatic rings. The Balaban J connectivity index is 2.71. The second kappa shape index (κ2) is 6.01. The van der Waals surface area contributed by atoms with Crippen molar-refractivity contribution in [1.82, 2.24) is 14.8 Å². The lowest BCUT2D eigenvalue weighted by Crippen LogP contribution is -2.05. The van der Waals surface area contributed by atoms with Gasteiger partial charge in [-0.05, 0) is 50.8 Å². The highest BCUT2D eigenvalue weighted by Crippen LogP contribution is 2.30. The highest BCUT2D eigenvalue weighted by Gasteiger charge is 2.27. The van der Waals surface area contributed by atoms with Gasteiger partial charge in [0.1, 0.15) is 11.4 Å². The normalized spacial score (nSPS) is 10.8. The largest absolute Gasteiger partial charge is 0.313 e. The molecule has 0 fully saturated rings. The number of rotatable bonds is 4. The van der Waals surface area contributed by atoms with Crippen LogP contribution in [0.4, 0.5) is 5.69 Å². The molecule has 0 amide bonds. The zero-order valence-corrected chi connectivity index (χ0v) is 14.1. The summed E-state index contributed by atoms with van der Waals surface area (Å²) in [5.41, 5.74) is 1.12. The van der Waals surface area contributed by atoms with Crippen molar-refractivity contribution >= 4 is 37.5 Å². The van der Waals surface area contributed by atoms with Crippen molar-refractivity contribution < 1.29 is 4.92 Å². The first kappa shape index (κ1) is 15.1. The Bertz CT molecular complexity index is 670. The van der Waals surface area contributed by atoms with Crippen LogP contribution < -0.4 is 0 Å². The Morgan fingerprint density at radius 2 is 2.05 bits per heavy atom. The second-order valence-electron chi connectivity index (χ2n) is 4.08. The number of pyridine rings is 1. The predicted octanol–water partition coefficient (Wildman–Crippen LogP) is 3.83. The smallest absolute Gasteiger partial charge is 0.258 e. The molecule has 0 saturated heterocycles. The van der Waals surface area contributed by atoms with E-state index in [0.29, 0.717) is 30.0 Å². The molecule has 0 radical (unpaired) electrons. The first-order valence-corrected chi connectivity index (χ1v) is 7.64. The van der Waals surface area contributed by atoms with Crippen LogP contribution in [0.3, 0.4) is 0 Å². The van der Waals surface area contributed by atoms with E-state index in [1.54, 1.807) is 10.9 Å². The van der Waals surface area contributed by atoms with E-state index in [2.05, 4.69) is 41.9 Å². The zero-order chi connectivity index (χ0) is 14.9. The number of halogens is 2. The van der Waals surface area contributed by atoms with Gasteiger partial charge in [0.25, 0.3) is 0 Å². The van der Waals surface area contributed by atoms with E-state index in [1.165, 1.54) is 0 Å². The first-order valence-electron chi connectivity index (χ1n) is 6.06. The Morgan fingerprint density at radius 3 is 2.55 bits per heavy atom. The topological polar surface area (TPSA) is 73.8 Å². The summed E-state index contributed by atoms with van der Waals surface area (Å²) in [6, 6.07) is 1.83. The molecule has 0 aliphatic carbocycles. The molecule has 8 heteroatoms. The highest BCUT2D eigenvalue weighted by atomic mass is 79.9. The third-order valence-corrected chi connectivity index (χ3v) is 3.88. The summed E-state index contributed by atoms with van der Waals surface area (Å²) in [6.07, 6.45) is 2.65. The molecule has 0 unspecified atom stereocenters. The van der Waals surface area contributed by atoms with Gasteiger partial charge >= 0.3 is 5.69 Å². The number of nitrogens with zero attached hydrogens (tertiary/aromatic N) is 4. The Hall–Kier alpha value is -1.28. The zero-order valence-electron chi connectivity index (χ0n) is 10.9. The van der Waals surface area contributed by atoms with E-state index in [9.17, 15) is 10.1 Å². The van der Waals surface area contributed by atoms with Crippen LogP contribution in [0.5, 0.6) is 0 Å². The maximum atomic E-state index is 11.3. The van der Waals surface area contributed by atoms with E-state index in [-0.39, 0.29) is 10.6 Å². The van der Waals surface area contributed by atoms with Gasteiger partial charge in [-0.3, -0.25) is 10.1 Å². The van der Waals surface area contributed by atoms with Gasteiger partial charge in [-0.1, -0.05) is 13.8 Å². The van der Waals surface area contributed by atoms with Gasteiger partial charge in [0, 0.05) is 10.7 Å². The van der Waals surface area contributed by atoms with Gasteiger partial charge in [0.2, 0.25) is 0 Å². The van der Waals surface area contributed by atoms with Crippen LogP contribution in [-0.4, -0.2) is 19.7 Å². The molecule has 0 aliphatic heterocycles. The van der Waals surface area contributed by atoms with Crippen LogP contribution in [0.2, 0.25) is 0 Å². The van der Waals surface area contributed by atoms with Gasteiger partial charge in [-0.15, -0.1) is 0 Å². The quantitative estimate of drug-likeness (QED) is 0.574. The molecule has 2 rings (SSSR count). The van der Waals surface area contributed by atoms with Crippen molar-refractivity contribution in [2.75, 3.05) is 0 Å². The van der Waals surface area contributed by atoms with Gasteiger partial charge in [-0.25, -0.2) is 9.67 Å². The van der Waals surface area contributed by atoms with Crippen LogP contribution in [0, 0.1) is 10.1 Å². The van der Waals surface area contributed by atoms with Crippen molar-refractivity contribution in [3.8, 4) is 5.82 Å². The van der Waals surface area contributed by atoms with E-state index in [0.717, 1.165) is 8.95 Å². The fourth-order valence-electron chi connectivity index (χ4n) is 2.00. The van der Waals surface area contributed by atoms with E-state index in [1.807, 2.05) is 19.9 Å². The summed E-state index contributed by atoms with van der Waals surface area (Å²) >= 11 is 6.75. The molecule has 2 aromatic heterocycles. The highest BCUT2D eigenvalue weighted by molar-refractivity contribution is 9.11. The molecule has 2 heterocycles. The minimum Gasteiger partial charge on any atom is -0.258 e. The van der Waals surface area contributed by atoms with Gasteiger partial charge < -0.3 is 0 Å². The van der Waals surface area contributed by atoms with Gasteiger partial charge in [0.05, 0.1) is 9.40 Å².